The molecule has 156 valence electrons. The Balaban J connectivity index is 1.84. The molecule has 0 spiro atoms. The fourth-order valence-electron chi connectivity index (χ4n) is 2.64. The maximum Gasteiger partial charge on any atom is 0.321 e. The first-order valence-corrected chi connectivity index (χ1v) is 11.1. The number of carbonyl (C=O) groups is 2. The normalized spacial score (nSPS) is 11.3. The summed E-state index contributed by atoms with van der Waals surface area (Å²) >= 11 is 0. The molecule has 2 aromatic carbocycles. The van der Waals surface area contributed by atoms with Crippen LogP contribution in [0.4, 0.5) is 0 Å². The predicted octanol–water partition coefficient (Wildman–Crippen LogP) is 3.35. The number of unbranched alkanes of at least 4 members (excludes halogenated alkanes) is 1. The minimum atomic E-state index is -3.83. The number of rotatable bonds is 10. The Kier molecular flexibility index (Phi) is 8.10. The number of sulfonamides is 1. The molecule has 0 aliphatic rings. The van der Waals surface area contributed by atoms with E-state index in [9.17, 15) is 18.0 Å². The van der Waals surface area contributed by atoms with Gasteiger partial charge in [-0.15, -0.1) is 0 Å². The van der Waals surface area contributed by atoms with Crippen molar-refractivity contribution in [2.45, 2.75) is 44.9 Å². The van der Waals surface area contributed by atoms with E-state index in [0.717, 1.165) is 36.0 Å². The van der Waals surface area contributed by atoms with Gasteiger partial charge in [-0.05, 0) is 55.5 Å². The van der Waals surface area contributed by atoms with Gasteiger partial charge in [0.25, 0.3) is 0 Å². The molecule has 0 heterocycles. The van der Waals surface area contributed by atoms with Gasteiger partial charge in [-0.2, -0.15) is 4.72 Å². The van der Waals surface area contributed by atoms with E-state index in [1.165, 1.54) is 12.1 Å². The van der Waals surface area contributed by atoms with Crippen molar-refractivity contribution < 1.29 is 22.7 Å². The first-order valence-electron chi connectivity index (χ1n) is 9.57. The quantitative estimate of drug-likeness (QED) is 0.473. The summed E-state index contributed by atoms with van der Waals surface area (Å²) in [5.41, 5.74) is 3.41. The smallest absolute Gasteiger partial charge is 0.321 e. The highest BCUT2D eigenvalue weighted by atomic mass is 32.2. The summed E-state index contributed by atoms with van der Waals surface area (Å²) in [5.74, 6) is -1.15. The van der Waals surface area contributed by atoms with E-state index >= 15 is 0 Å². The van der Waals surface area contributed by atoms with Gasteiger partial charge in [0.2, 0.25) is 10.0 Å². The van der Waals surface area contributed by atoms with Crippen molar-refractivity contribution >= 4 is 21.8 Å². The summed E-state index contributed by atoms with van der Waals surface area (Å²) in [6, 6.07) is 11.9. The van der Waals surface area contributed by atoms with Crippen LogP contribution in [-0.4, -0.2) is 33.3 Å². The highest BCUT2D eigenvalue weighted by Crippen LogP contribution is 2.14. The molecule has 7 heteroatoms. The van der Waals surface area contributed by atoms with Gasteiger partial charge in [0, 0.05) is 5.56 Å². The number of hydrogen-bond acceptors (Lipinski definition) is 5. The molecule has 2 rings (SSSR count). The predicted molar refractivity (Wildman–Crippen MR) is 111 cm³/mol. The maximum atomic E-state index is 12.3. The number of nitrogens with one attached hydrogen (secondary N) is 1. The average Bonchev–Trinajstić information content (AvgIpc) is 2.71. The molecule has 29 heavy (non-hydrogen) atoms. The van der Waals surface area contributed by atoms with Crippen molar-refractivity contribution in [1.82, 2.24) is 4.72 Å². The van der Waals surface area contributed by atoms with Crippen LogP contribution in [0.15, 0.2) is 47.4 Å². The zero-order valence-corrected chi connectivity index (χ0v) is 17.8. The van der Waals surface area contributed by atoms with Gasteiger partial charge >= 0.3 is 5.97 Å². The van der Waals surface area contributed by atoms with Crippen LogP contribution in [0, 0.1) is 13.8 Å². The fraction of sp³-hybridized carbons (Fsp3) is 0.364. The number of carbonyl (C=O) groups excluding carboxylic acids is 2. The number of esters is 1. The Morgan fingerprint density at radius 3 is 2.31 bits per heavy atom. The van der Waals surface area contributed by atoms with Crippen LogP contribution in [0.5, 0.6) is 0 Å². The summed E-state index contributed by atoms with van der Waals surface area (Å²) in [6.45, 7) is 4.84. The molecule has 0 saturated carbocycles. The Bertz CT molecular complexity index is 965. The van der Waals surface area contributed by atoms with Crippen LogP contribution in [0.1, 0.15) is 46.8 Å². The van der Waals surface area contributed by atoms with Crippen molar-refractivity contribution in [1.29, 1.82) is 0 Å². The van der Waals surface area contributed by atoms with Gasteiger partial charge in [-0.3, -0.25) is 9.59 Å². The molecule has 0 aliphatic heterocycles. The van der Waals surface area contributed by atoms with Gasteiger partial charge in [0.15, 0.2) is 12.4 Å². The third kappa shape index (κ3) is 6.80. The van der Waals surface area contributed by atoms with Crippen LogP contribution < -0.4 is 4.72 Å². The Labute approximate surface area is 172 Å². The van der Waals surface area contributed by atoms with Crippen molar-refractivity contribution in [2.24, 2.45) is 0 Å². The standard InChI is InChI=1S/C22H27NO5S/c1-4-5-6-18-8-10-19(11-9-18)21(24)15-28-22(25)14-23-29(26,27)20-12-7-16(2)17(3)13-20/h7-13,23H,4-6,14-15H2,1-3H3. The first-order chi connectivity index (χ1) is 13.7. The topological polar surface area (TPSA) is 89.5 Å². The van der Waals surface area contributed by atoms with Gasteiger partial charge in [0.1, 0.15) is 6.54 Å². The summed E-state index contributed by atoms with van der Waals surface area (Å²) in [7, 11) is -3.83. The molecule has 0 radical (unpaired) electrons. The van der Waals surface area contributed by atoms with Gasteiger partial charge in [-0.25, -0.2) is 8.42 Å². The number of benzene rings is 2. The van der Waals surface area contributed by atoms with Crippen molar-refractivity contribution in [3.05, 3.63) is 64.7 Å². The molecule has 0 atom stereocenters. The van der Waals surface area contributed by atoms with Crippen molar-refractivity contribution in [3.8, 4) is 0 Å². The third-order valence-corrected chi connectivity index (χ3v) is 6.05. The lowest BCUT2D eigenvalue weighted by Gasteiger charge is -2.09. The molecular formula is C22H27NO5S. The maximum absolute atomic E-state index is 12.3. The number of Topliss-reactive ketones (excluding diaryl/α,β-unsaturated/α-hetero) is 1. The van der Waals surface area contributed by atoms with E-state index < -0.39 is 29.1 Å². The lowest BCUT2D eigenvalue weighted by Crippen LogP contribution is -2.31. The summed E-state index contributed by atoms with van der Waals surface area (Å²) < 4.78 is 31.7. The Hall–Kier alpha value is -2.51. The van der Waals surface area contributed by atoms with Crippen LogP contribution >= 0.6 is 0 Å². The lowest BCUT2D eigenvalue weighted by atomic mass is 10.0. The number of hydrogen-bond donors (Lipinski definition) is 1. The van der Waals surface area contributed by atoms with E-state index in [1.54, 1.807) is 18.2 Å². The third-order valence-electron chi connectivity index (χ3n) is 4.65. The minimum Gasteiger partial charge on any atom is -0.456 e. The highest BCUT2D eigenvalue weighted by molar-refractivity contribution is 7.89. The summed E-state index contributed by atoms with van der Waals surface area (Å²) in [6.07, 6.45) is 3.15. The molecule has 0 aliphatic carbocycles. The van der Waals surface area contributed by atoms with Crippen molar-refractivity contribution in [3.63, 3.8) is 0 Å². The Morgan fingerprint density at radius 2 is 1.69 bits per heavy atom. The second-order valence-electron chi connectivity index (χ2n) is 6.95. The van der Waals surface area contributed by atoms with E-state index in [-0.39, 0.29) is 10.7 Å². The minimum absolute atomic E-state index is 0.0765. The van der Waals surface area contributed by atoms with E-state index in [1.807, 2.05) is 26.0 Å². The first kappa shape index (κ1) is 22.8. The molecule has 1 N–H and O–H groups in total. The molecular weight excluding hydrogens is 390 g/mol. The molecule has 0 fully saturated rings. The van der Waals surface area contributed by atoms with E-state index in [0.29, 0.717) is 5.56 Å². The summed E-state index contributed by atoms with van der Waals surface area (Å²) in [4.78, 5) is 24.1. The zero-order chi connectivity index (χ0) is 21.4. The molecule has 6 nitrogen and oxygen atoms in total. The van der Waals surface area contributed by atoms with E-state index in [4.69, 9.17) is 4.74 Å². The molecule has 0 bridgehead atoms. The van der Waals surface area contributed by atoms with Crippen molar-refractivity contribution in [2.75, 3.05) is 13.2 Å². The van der Waals surface area contributed by atoms with E-state index in [2.05, 4.69) is 11.6 Å². The largest absolute Gasteiger partial charge is 0.456 e. The molecule has 0 unspecified atom stereocenters. The van der Waals surface area contributed by atoms with Gasteiger partial charge in [-0.1, -0.05) is 43.7 Å². The second-order valence-corrected chi connectivity index (χ2v) is 8.72. The monoisotopic (exact) mass is 417 g/mol. The van der Waals surface area contributed by atoms with Crippen LogP contribution in [-0.2, 0) is 26.0 Å². The molecule has 0 amide bonds. The molecule has 2 aromatic rings. The Morgan fingerprint density at radius 1 is 1.00 bits per heavy atom. The summed E-state index contributed by atoms with van der Waals surface area (Å²) in [5, 5.41) is 0. The number of ether oxygens (including phenoxy) is 1. The van der Waals surface area contributed by atoms with Crippen LogP contribution in [0.3, 0.4) is 0 Å². The van der Waals surface area contributed by atoms with Gasteiger partial charge < -0.3 is 4.74 Å². The second kappa shape index (κ2) is 10.3. The lowest BCUT2D eigenvalue weighted by molar-refractivity contribution is -0.141. The highest BCUT2D eigenvalue weighted by Gasteiger charge is 2.17. The number of ketones is 1. The van der Waals surface area contributed by atoms with Crippen LogP contribution in [0.25, 0.3) is 0 Å². The number of aryl methyl sites for hydroxylation is 3. The van der Waals surface area contributed by atoms with Gasteiger partial charge in [0.05, 0.1) is 4.90 Å². The zero-order valence-electron chi connectivity index (χ0n) is 17.0. The fourth-order valence-corrected chi connectivity index (χ4v) is 3.69. The SMILES string of the molecule is CCCCc1ccc(C(=O)COC(=O)CNS(=O)(=O)c2ccc(C)c(C)c2)cc1. The molecule has 0 saturated heterocycles. The molecule has 0 aromatic heterocycles. The average molecular weight is 418 g/mol. The van der Waals surface area contributed by atoms with Crippen LogP contribution in [0.2, 0.25) is 0 Å².